The SMILES string of the molecule is CCc1cccc(CC)c1-n1cnc(N(N)C(C)=O)nc1=O. The lowest BCUT2D eigenvalue weighted by Crippen LogP contribution is -2.39. The van der Waals surface area contributed by atoms with E-state index in [1.165, 1.54) is 17.8 Å². The molecule has 0 aliphatic rings. The average molecular weight is 301 g/mol. The molecule has 22 heavy (non-hydrogen) atoms. The minimum atomic E-state index is -0.516. The summed E-state index contributed by atoms with van der Waals surface area (Å²) in [5, 5.41) is 0.748. The third-order valence-electron chi connectivity index (χ3n) is 3.45. The van der Waals surface area contributed by atoms with Crippen molar-refractivity contribution in [1.29, 1.82) is 0 Å². The highest BCUT2D eigenvalue weighted by Crippen LogP contribution is 2.19. The molecule has 0 aliphatic carbocycles. The minimum absolute atomic E-state index is 0.110. The van der Waals surface area contributed by atoms with Gasteiger partial charge in [-0.25, -0.2) is 20.6 Å². The molecule has 0 fully saturated rings. The monoisotopic (exact) mass is 301 g/mol. The molecule has 0 spiro atoms. The molecule has 7 nitrogen and oxygen atoms in total. The van der Waals surface area contributed by atoms with Gasteiger partial charge in [0.05, 0.1) is 5.69 Å². The van der Waals surface area contributed by atoms with Crippen LogP contribution in [0.25, 0.3) is 5.69 Å². The van der Waals surface area contributed by atoms with Crippen molar-refractivity contribution in [2.45, 2.75) is 33.6 Å². The molecule has 0 radical (unpaired) electrons. The van der Waals surface area contributed by atoms with Gasteiger partial charge >= 0.3 is 5.69 Å². The van der Waals surface area contributed by atoms with Crippen molar-refractivity contribution in [3.05, 3.63) is 46.1 Å². The van der Waals surface area contributed by atoms with Crippen LogP contribution in [-0.4, -0.2) is 20.4 Å². The van der Waals surface area contributed by atoms with E-state index in [0.29, 0.717) is 0 Å². The lowest BCUT2D eigenvalue weighted by atomic mass is 10.0. The van der Waals surface area contributed by atoms with E-state index < -0.39 is 11.6 Å². The van der Waals surface area contributed by atoms with Crippen LogP contribution in [0.15, 0.2) is 29.3 Å². The largest absolute Gasteiger partial charge is 0.356 e. The summed E-state index contributed by atoms with van der Waals surface area (Å²) >= 11 is 0. The summed E-state index contributed by atoms with van der Waals surface area (Å²) in [6.07, 6.45) is 2.93. The van der Waals surface area contributed by atoms with E-state index in [4.69, 9.17) is 5.84 Å². The van der Waals surface area contributed by atoms with E-state index >= 15 is 0 Å². The predicted molar refractivity (Wildman–Crippen MR) is 83.7 cm³/mol. The summed E-state index contributed by atoms with van der Waals surface area (Å²) in [5.41, 5.74) is 2.36. The average Bonchev–Trinajstić information content (AvgIpc) is 2.53. The molecule has 1 amide bonds. The van der Waals surface area contributed by atoms with Gasteiger partial charge in [0.1, 0.15) is 6.33 Å². The molecular formula is C15H19N5O2. The number of hydrogen-bond donors (Lipinski definition) is 1. The van der Waals surface area contributed by atoms with Crippen LogP contribution >= 0.6 is 0 Å². The molecule has 2 aromatic rings. The molecule has 0 saturated heterocycles. The van der Waals surface area contributed by atoms with Crippen LogP contribution in [0.2, 0.25) is 0 Å². The number of carbonyl (C=O) groups excluding carboxylic acids is 1. The second-order valence-electron chi connectivity index (χ2n) is 4.83. The third kappa shape index (κ3) is 2.89. The second-order valence-corrected chi connectivity index (χ2v) is 4.83. The summed E-state index contributed by atoms with van der Waals surface area (Å²) < 4.78 is 1.40. The molecule has 1 heterocycles. The highest BCUT2D eigenvalue weighted by molar-refractivity contribution is 5.88. The summed E-state index contributed by atoms with van der Waals surface area (Å²) in [6.45, 7) is 5.32. The number of hydrogen-bond acceptors (Lipinski definition) is 5. The van der Waals surface area contributed by atoms with Gasteiger partial charge in [-0.15, -0.1) is 0 Å². The first-order chi connectivity index (χ1) is 10.5. The molecular weight excluding hydrogens is 282 g/mol. The zero-order valence-corrected chi connectivity index (χ0v) is 12.9. The highest BCUT2D eigenvalue weighted by atomic mass is 16.2. The molecule has 116 valence electrons. The van der Waals surface area contributed by atoms with Crippen LogP contribution < -0.4 is 16.5 Å². The number of aromatic nitrogens is 3. The molecule has 0 aliphatic heterocycles. The quantitative estimate of drug-likeness (QED) is 0.516. The van der Waals surface area contributed by atoms with Crippen molar-refractivity contribution in [3.8, 4) is 5.69 Å². The molecule has 7 heteroatoms. The standard InChI is InChI=1S/C15H19N5O2/c1-4-11-7-6-8-12(5-2)13(11)19-9-17-14(18-15(19)22)20(16)10(3)21/h6-9H,4-5,16H2,1-3H3. The van der Waals surface area contributed by atoms with E-state index in [2.05, 4.69) is 9.97 Å². The smallest absolute Gasteiger partial charge is 0.273 e. The Hall–Kier alpha value is -2.54. The Bertz CT molecular complexity index is 732. The maximum Gasteiger partial charge on any atom is 0.356 e. The summed E-state index contributed by atoms with van der Waals surface area (Å²) in [4.78, 5) is 31.4. The first kappa shape index (κ1) is 15.8. The number of hydrazine groups is 1. The van der Waals surface area contributed by atoms with Gasteiger partial charge in [-0.3, -0.25) is 9.36 Å². The van der Waals surface area contributed by atoms with Gasteiger partial charge in [-0.2, -0.15) is 4.98 Å². The Balaban J connectivity index is 2.60. The molecule has 2 N–H and O–H groups in total. The van der Waals surface area contributed by atoms with Crippen LogP contribution in [0.5, 0.6) is 0 Å². The summed E-state index contributed by atoms with van der Waals surface area (Å²) in [5.74, 6) is 4.96. The Labute approximate surface area is 128 Å². The number of benzene rings is 1. The van der Waals surface area contributed by atoms with Gasteiger partial charge in [-0.1, -0.05) is 32.0 Å². The van der Waals surface area contributed by atoms with Gasteiger partial charge in [0, 0.05) is 6.92 Å². The van der Waals surface area contributed by atoms with E-state index in [9.17, 15) is 9.59 Å². The van der Waals surface area contributed by atoms with Gasteiger partial charge in [0.25, 0.3) is 5.95 Å². The van der Waals surface area contributed by atoms with Crippen molar-refractivity contribution < 1.29 is 4.79 Å². The number of para-hydroxylation sites is 1. The Morgan fingerprint density at radius 3 is 2.32 bits per heavy atom. The zero-order valence-electron chi connectivity index (χ0n) is 12.9. The molecule has 0 bridgehead atoms. The Morgan fingerprint density at radius 1 is 1.27 bits per heavy atom. The Kier molecular flexibility index (Phi) is 4.67. The van der Waals surface area contributed by atoms with Crippen molar-refractivity contribution in [3.63, 3.8) is 0 Å². The Morgan fingerprint density at radius 2 is 1.86 bits per heavy atom. The van der Waals surface area contributed by atoms with Gasteiger partial charge in [-0.05, 0) is 24.0 Å². The van der Waals surface area contributed by atoms with E-state index in [1.807, 2.05) is 32.0 Å². The van der Waals surface area contributed by atoms with Gasteiger partial charge in [0.15, 0.2) is 0 Å². The van der Waals surface area contributed by atoms with Crippen molar-refractivity contribution in [1.82, 2.24) is 14.5 Å². The molecule has 1 aromatic heterocycles. The van der Waals surface area contributed by atoms with Crippen molar-refractivity contribution >= 4 is 11.9 Å². The van der Waals surface area contributed by atoms with E-state index in [1.54, 1.807) is 0 Å². The highest BCUT2D eigenvalue weighted by Gasteiger charge is 2.15. The van der Waals surface area contributed by atoms with Gasteiger partial charge in [0.2, 0.25) is 5.91 Å². The zero-order chi connectivity index (χ0) is 16.3. The van der Waals surface area contributed by atoms with E-state index in [0.717, 1.165) is 34.7 Å². The van der Waals surface area contributed by atoms with Crippen LogP contribution in [0.3, 0.4) is 0 Å². The first-order valence-electron chi connectivity index (χ1n) is 7.11. The predicted octanol–water partition coefficient (Wildman–Crippen LogP) is 0.979. The fourth-order valence-corrected chi connectivity index (χ4v) is 2.26. The van der Waals surface area contributed by atoms with E-state index in [-0.39, 0.29) is 5.95 Å². The van der Waals surface area contributed by atoms with Gasteiger partial charge < -0.3 is 0 Å². The molecule has 0 unspecified atom stereocenters. The lowest BCUT2D eigenvalue weighted by Gasteiger charge is -2.16. The van der Waals surface area contributed by atoms with Crippen molar-refractivity contribution in [2.24, 2.45) is 5.84 Å². The number of amides is 1. The molecule has 1 aromatic carbocycles. The lowest BCUT2D eigenvalue weighted by molar-refractivity contribution is -0.116. The number of nitrogens with two attached hydrogens (primary N) is 1. The number of nitrogens with zero attached hydrogens (tertiary/aromatic N) is 4. The summed E-state index contributed by atoms with van der Waals surface area (Å²) in [7, 11) is 0. The summed E-state index contributed by atoms with van der Waals surface area (Å²) in [6, 6.07) is 5.91. The van der Waals surface area contributed by atoms with Crippen molar-refractivity contribution in [2.75, 3.05) is 5.01 Å². The maximum atomic E-state index is 12.3. The number of rotatable bonds is 4. The number of anilines is 1. The van der Waals surface area contributed by atoms with Crippen LogP contribution in [0, 0.1) is 0 Å². The molecule has 0 atom stereocenters. The second kappa shape index (κ2) is 6.48. The third-order valence-corrected chi connectivity index (χ3v) is 3.45. The maximum absolute atomic E-state index is 12.3. The fraction of sp³-hybridized carbons (Fsp3) is 0.333. The van der Waals surface area contributed by atoms with Crippen LogP contribution in [0.1, 0.15) is 31.9 Å². The first-order valence-corrected chi connectivity index (χ1v) is 7.11. The number of aryl methyl sites for hydroxylation is 2. The minimum Gasteiger partial charge on any atom is -0.273 e. The topological polar surface area (TPSA) is 94.1 Å². The number of carbonyl (C=O) groups is 1. The molecule has 0 saturated carbocycles. The van der Waals surface area contributed by atoms with Crippen LogP contribution in [-0.2, 0) is 17.6 Å². The molecule has 2 rings (SSSR count). The van der Waals surface area contributed by atoms with Crippen LogP contribution in [0.4, 0.5) is 5.95 Å². The normalized spacial score (nSPS) is 10.5. The fourth-order valence-electron chi connectivity index (χ4n) is 2.26.